The number of aryl methyl sites for hydroxylation is 2. The Balaban J connectivity index is 2.08. The van der Waals surface area contributed by atoms with Gasteiger partial charge in [-0.1, -0.05) is 0 Å². The minimum absolute atomic E-state index is 0.383. The summed E-state index contributed by atoms with van der Waals surface area (Å²) in [5.41, 5.74) is 1.56. The fourth-order valence-corrected chi connectivity index (χ4v) is 4.74. The second-order valence-corrected chi connectivity index (χ2v) is 8.09. The van der Waals surface area contributed by atoms with E-state index in [2.05, 4.69) is 4.90 Å². The number of hydrogen-bond donors (Lipinski definition) is 0. The molecule has 24 heavy (non-hydrogen) atoms. The summed E-state index contributed by atoms with van der Waals surface area (Å²) in [6, 6.07) is 3.51. The fourth-order valence-electron chi connectivity index (χ4n) is 3.03. The first-order valence-electron chi connectivity index (χ1n) is 8.27. The molecule has 1 heterocycles. The van der Waals surface area contributed by atoms with Gasteiger partial charge >= 0.3 is 0 Å². The van der Waals surface area contributed by atoms with Crippen LogP contribution in [0.3, 0.4) is 0 Å². The van der Waals surface area contributed by atoms with Gasteiger partial charge in [-0.25, -0.2) is 8.42 Å². The van der Waals surface area contributed by atoms with Crippen LogP contribution in [0.1, 0.15) is 17.5 Å². The molecular formula is C17H28N2O4S. The highest BCUT2D eigenvalue weighted by Gasteiger charge is 2.30. The Morgan fingerprint density at radius 3 is 2.29 bits per heavy atom. The van der Waals surface area contributed by atoms with E-state index < -0.39 is 10.0 Å². The number of piperazine rings is 1. The molecule has 7 heteroatoms. The quantitative estimate of drug-likeness (QED) is 0.696. The van der Waals surface area contributed by atoms with Gasteiger partial charge in [0.15, 0.2) is 0 Å². The van der Waals surface area contributed by atoms with E-state index in [9.17, 15) is 8.42 Å². The number of nitrogens with zero attached hydrogens (tertiary/aromatic N) is 2. The summed E-state index contributed by atoms with van der Waals surface area (Å²) in [6.45, 7) is 7.94. The molecule has 0 bridgehead atoms. The van der Waals surface area contributed by atoms with Gasteiger partial charge in [-0.05, 0) is 43.5 Å². The second-order valence-electron chi connectivity index (χ2n) is 6.18. The fraction of sp³-hybridized carbons (Fsp3) is 0.647. The maximum Gasteiger partial charge on any atom is 0.243 e. The monoisotopic (exact) mass is 356 g/mol. The molecule has 0 aliphatic carbocycles. The highest BCUT2D eigenvalue weighted by molar-refractivity contribution is 7.89. The summed E-state index contributed by atoms with van der Waals surface area (Å²) in [5, 5.41) is 0. The van der Waals surface area contributed by atoms with Crippen LogP contribution in [0.25, 0.3) is 0 Å². The molecule has 2 rings (SSSR count). The van der Waals surface area contributed by atoms with E-state index in [1.54, 1.807) is 30.7 Å². The maximum absolute atomic E-state index is 13.0. The standard InChI is InChI=1S/C17H28N2O4S/c1-14-13-17(15(2)12-16(14)23-4)24(20,21)19-9-7-18(8-10-19)6-5-11-22-3/h12-13H,5-11H2,1-4H3. The van der Waals surface area contributed by atoms with Crippen LogP contribution in [0.15, 0.2) is 17.0 Å². The van der Waals surface area contributed by atoms with Gasteiger partial charge in [0.25, 0.3) is 0 Å². The number of hydrogen-bond acceptors (Lipinski definition) is 5. The molecule has 0 atom stereocenters. The van der Waals surface area contributed by atoms with Gasteiger partial charge in [0.1, 0.15) is 5.75 Å². The van der Waals surface area contributed by atoms with Crippen LogP contribution in [0.2, 0.25) is 0 Å². The van der Waals surface area contributed by atoms with Crippen LogP contribution in [0, 0.1) is 13.8 Å². The van der Waals surface area contributed by atoms with E-state index in [0.717, 1.165) is 49.5 Å². The lowest BCUT2D eigenvalue weighted by Gasteiger charge is -2.34. The second kappa shape index (κ2) is 8.29. The zero-order valence-electron chi connectivity index (χ0n) is 15.0. The van der Waals surface area contributed by atoms with Crippen LogP contribution >= 0.6 is 0 Å². The van der Waals surface area contributed by atoms with Gasteiger partial charge in [-0.15, -0.1) is 0 Å². The lowest BCUT2D eigenvalue weighted by Crippen LogP contribution is -2.48. The minimum Gasteiger partial charge on any atom is -0.496 e. The molecule has 1 aromatic rings. The van der Waals surface area contributed by atoms with Gasteiger partial charge in [0.05, 0.1) is 12.0 Å². The first-order valence-corrected chi connectivity index (χ1v) is 9.71. The zero-order chi connectivity index (χ0) is 17.7. The molecule has 0 aromatic heterocycles. The first kappa shape index (κ1) is 19.2. The number of benzene rings is 1. The normalized spacial score (nSPS) is 17.2. The number of rotatable bonds is 7. The molecule has 1 aromatic carbocycles. The Morgan fingerprint density at radius 2 is 1.71 bits per heavy atom. The van der Waals surface area contributed by atoms with Gasteiger partial charge in [0.2, 0.25) is 10.0 Å². The summed E-state index contributed by atoms with van der Waals surface area (Å²) in [5.74, 6) is 0.717. The van der Waals surface area contributed by atoms with E-state index in [-0.39, 0.29) is 0 Å². The van der Waals surface area contributed by atoms with Crippen molar-refractivity contribution in [2.45, 2.75) is 25.2 Å². The van der Waals surface area contributed by atoms with E-state index in [0.29, 0.717) is 18.0 Å². The third-order valence-electron chi connectivity index (χ3n) is 4.46. The Morgan fingerprint density at radius 1 is 1.04 bits per heavy atom. The van der Waals surface area contributed by atoms with Gasteiger partial charge in [-0.3, -0.25) is 0 Å². The predicted octanol–water partition coefficient (Wildman–Crippen LogP) is 1.65. The van der Waals surface area contributed by atoms with Crippen molar-refractivity contribution >= 4 is 10.0 Å². The Kier molecular flexibility index (Phi) is 6.62. The molecule has 0 amide bonds. The van der Waals surface area contributed by atoms with Crippen molar-refractivity contribution in [3.63, 3.8) is 0 Å². The molecule has 6 nitrogen and oxygen atoms in total. The van der Waals surface area contributed by atoms with Crippen LogP contribution in [-0.2, 0) is 14.8 Å². The van der Waals surface area contributed by atoms with Crippen molar-refractivity contribution in [1.29, 1.82) is 0 Å². The summed E-state index contributed by atoms with van der Waals surface area (Å²) in [7, 11) is -0.168. The van der Waals surface area contributed by atoms with E-state index in [1.165, 1.54) is 0 Å². The SMILES string of the molecule is COCCCN1CCN(S(=O)(=O)c2cc(C)c(OC)cc2C)CC1. The van der Waals surface area contributed by atoms with Crippen molar-refractivity contribution in [1.82, 2.24) is 9.21 Å². The Bertz CT molecular complexity index is 653. The van der Waals surface area contributed by atoms with E-state index in [4.69, 9.17) is 9.47 Å². The summed E-state index contributed by atoms with van der Waals surface area (Å²) < 4.78 is 37.9. The summed E-state index contributed by atoms with van der Waals surface area (Å²) >= 11 is 0. The highest BCUT2D eigenvalue weighted by Crippen LogP contribution is 2.28. The minimum atomic E-state index is -3.46. The van der Waals surface area contributed by atoms with Crippen molar-refractivity contribution in [3.8, 4) is 5.75 Å². The number of sulfonamides is 1. The van der Waals surface area contributed by atoms with E-state index in [1.807, 2.05) is 13.8 Å². The lowest BCUT2D eigenvalue weighted by atomic mass is 10.1. The molecule has 0 unspecified atom stereocenters. The van der Waals surface area contributed by atoms with Gasteiger partial charge in [-0.2, -0.15) is 4.31 Å². The zero-order valence-corrected chi connectivity index (χ0v) is 15.9. The van der Waals surface area contributed by atoms with Crippen LogP contribution in [-0.4, -0.2) is 71.2 Å². The Labute approximate surface area is 145 Å². The molecule has 0 radical (unpaired) electrons. The Hall–Kier alpha value is -1.15. The average Bonchev–Trinajstić information content (AvgIpc) is 2.57. The van der Waals surface area contributed by atoms with E-state index >= 15 is 0 Å². The predicted molar refractivity (Wildman–Crippen MR) is 94.2 cm³/mol. The van der Waals surface area contributed by atoms with Crippen molar-refractivity contribution in [3.05, 3.63) is 23.3 Å². The molecule has 1 aliphatic heterocycles. The van der Waals surface area contributed by atoms with Gasteiger partial charge in [0, 0.05) is 46.4 Å². The molecule has 1 saturated heterocycles. The molecule has 136 valence electrons. The molecule has 0 N–H and O–H groups in total. The summed E-state index contributed by atoms with van der Waals surface area (Å²) in [6.07, 6.45) is 0.972. The molecule has 1 aliphatic rings. The van der Waals surface area contributed by atoms with Crippen molar-refractivity contribution in [2.24, 2.45) is 0 Å². The molecular weight excluding hydrogens is 328 g/mol. The first-order chi connectivity index (χ1) is 11.4. The molecule has 0 spiro atoms. The van der Waals surface area contributed by atoms with Crippen LogP contribution in [0.5, 0.6) is 5.75 Å². The third-order valence-corrected chi connectivity index (χ3v) is 6.50. The van der Waals surface area contributed by atoms with Crippen molar-refractivity contribution < 1.29 is 17.9 Å². The average molecular weight is 356 g/mol. The largest absolute Gasteiger partial charge is 0.496 e. The number of methoxy groups -OCH3 is 2. The van der Waals surface area contributed by atoms with Gasteiger partial charge < -0.3 is 14.4 Å². The smallest absolute Gasteiger partial charge is 0.243 e. The highest BCUT2D eigenvalue weighted by atomic mass is 32.2. The van der Waals surface area contributed by atoms with Crippen molar-refractivity contribution in [2.75, 3.05) is 53.6 Å². The maximum atomic E-state index is 13.0. The topological polar surface area (TPSA) is 59.1 Å². The molecule has 0 saturated carbocycles. The number of ether oxygens (including phenoxy) is 2. The molecule has 1 fully saturated rings. The van der Waals surface area contributed by atoms with Crippen LogP contribution in [0.4, 0.5) is 0 Å². The third kappa shape index (κ3) is 4.27. The van der Waals surface area contributed by atoms with Crippen LogP contribution < -0.4 is 4.74 Å². The lowest BCUT2D eigenvalue weighted by molar-refractivity contribution is 0.149. The summed E-state index contributed by atoms with van der Waals surface area (Å²) in [4.78, 5) is 2.67.